The van der Waals surface area contributed by atoms with Gasteiger partial charge in [0.05, 0.1) is 39.8 Å². The molecule has 0 aliphatic rings. The molecule has 10 heteroatoms. The van der Waals surface area contributed by atoms with Crippen molar-refractivity contribution in [1.29, 1.82) is 10.5 Å². The van der Waals surface area contributed by atoms with Gasteiger partial charge in [-0.15, -0.1) is 0 Å². The maximum Gasteiger partial charge on any atom is 0.329 e. The van der Waals surface area contributed by atoms with E-state index in [1.807, 2.05) is 6.07 Å². The van der Waals surface area contributed by atoms with E-state index in [0.29, 0.717) is 4.57 Å². The standard InChI is InChI=1S/C19H13FN6O3/c1-10(17-14(20)5-12(7-22)8-23-17)24-16(27)9-26-18(28)13-4-11(6-21)2-3-15(13)25-19(26)29/h2-5,8,10H,9H2,1H3,(H,24,27)(H,25,29)/t10-/m1/s1. The minimum Gasteiger partial charge on any atom is -0.346 e. The second-order valence-electron chi connectivity index (χ2n) is 6.19. The summed E-state index contributed by atoms with van der Waals surface area (Å²) in [7, 11) is 0. The second kappa shape index (κ2) is 7.74. The normalized spacial score (nSPS) is 11.4. The van der Waals surface area contributed by atoms with Gasteiger partial charge in [-0.3, -0.25) is 19.1 Å². The molecule has 3 aromatic rings. The Morgan fingerprint density at radius 2 is 2.00 bits per heavy atom. The van der Waals surface area contributed by atoms with E-state index < -0.39 is 35.6 Å². The van der Waals surface area contributed by atoms with Gasteiger partial charge in [0.1, 0.15) is 18.4 Å². The van der Waals surface area contributed by atoms with Gasteiger partial charge in [0.15, 0.2) is 0 Å². The van der Waals surface area contributed by atoms with Crippen molar-refractivity contribution in [2.75, 3.05) is 0 Å². The van der Waals surface area contributed by atoms with Crippen molar-refractivity contribution >= 4 is 16.8 Å². The summed E-state index contributed by atoms with van der Waals surface area (Å²) in [6, 6.07) is 7.99. The molecular weight excluding hydrogens is 379 g/mol. The molecule has 0 fully saturated rings. The lowest BCUT2D eigenvalue weighted by molar-refractivity contribution is -0.122. The molecule has 144 valence electrons. The number of hydrogen-bond acceptors (Lipinski definition) is 6. The lowest BCUT2D eigenvalue weighted by atomic mass is 10.1. The number of nitrogens with one attached hydrogen (secondary N) is 2. The number of benzene rings is 1. The number of hydrogen-bond donors (Lipinski definition) is 2. The molecule has 0 unspecified atom stereocenters. The third-order valence-electron chi connectivity index (χ3n) is 4.20. The quantitative estimate of drug-likeness (QED) is 0.673. The predicted molar refractivity (Wildman–Crippen MR) is 99.0 cm³/mol. The van der Waals surface area contributed by atoms with Crippen LogP contribution in [0.15, 0.2) is 40.1 Å². The lowest BCUT2D eigenvalue weighted by Crippen LogP contribution is -2.41. The van der Waals surface area contributed by atoms with Crippen LogP contribution in [0.2, 0.25) is 0 Å². The topological polar surface area (TPSA) is 144 Å². The van der Waals surface area contributed by atoms with Crippen molar-refractivity contribution in [3.8, 4) is 12.1 Å². The summed E-state index contributed by atoms with van der Waals surface area (Å²) in [6.07, 6.45) is 1.17. The van der Waals surface area contributed by atoms with E-state index in [0.717, 1.165) is 6.07 Å². The van der Waals surface area contributed by atoms with Crippen LogP contribution in [0.1, 0.15) is 29.8 Å². The molecule has 1 amide bonds. The average Bonchev–Trinajstić information content (AvgIpc) is 2.70. The number of carbonyl (C=O) groups excluding carboxylic acids is 1. The molecule has 1 atom stereocenters. The van der Waals surface area contributed by atoms with E-state index in [4.69, 9.17) is 10.5 Å². The van der Waals surface area contributed by atoms with E-state index in [9.17, 15) is 18.8 Å². The van der Waals surface area contributed by atoms with E-state index in [2.05, 4.69) is 15.3 Å². The van der Waals surface area contributed by atoms with Gasteiger partial charge >= 0.3 is 5.69 Å². The van der Waals surface area contributed by atoms with Crippen molar-refractivity contribution in [3.05, 3.63) is 73.9 Å². The van der Waals surface area contributed by atoms with Crippen LogP contribution in [0.5, 0.6) is 0 Å². The molecule has 3 rings (SSSR count). The molecule has 0 saturated heterocycles. The lowest BCUT2D eigenvalue weighted by Gasteiger charge is -2.14. The number of aromatic nitrogens is 3. The van der Waals surface area contributed by atoms with Gasteiger partial charge in [0, 0.05) is 6.20 Å². The Labute approximate surface area is 162 Å². The van der Waals surface area contributed by atoms with Gasteiger partial charge in [-0.2, -0.15) is 10.5 Å². The third kappa shape index (κ3) is 3.87. The number of nitrogens with zero attached hydrogens (tertiary/aromatic N) is 4. The highest BCUT2D eigenvalue weighted by Gasteiger charge is 2.18. The molecule has 0 spiro atoms. The highest BCUT2D eigenvalue weighted by atomic mass is 19.1. The van der Waals surface area contributed by atoms with Crippen LogP contribution in [-0.4, -0.2) is 20.4 Å². The van der Waals surface area contributed by atoms with Gasteiger partial charge in [-0.25, -0.2) is 9.18 Å². The number of amides is 1. The zero-order chi connectivity index (χ0) is 21.1. The summed E-state index contributed by atoms with van der Waals surface area (Å²) >= 11 is 0. The highest BCUT2D eigenvalue weighted by molar-refractivity contribution is 5.80. The fourth-order valence-electron chi connectivity index (χ4n) is 2.79. The molecule has 2 aromatic heterocycles. The van der Waals surface area contributed by atoms with Crippen LogP contribution in [0.25, 0.3) is 10.9 Å². The maximum absolute atomic E-state index is 14.0. The van der Waals surface area contributed by atoms with Gasteiger partial charge in [0.2, 0.25) is 5.91 Å². The highest BCUT2D eigenvalue weighted by Crippen LogP contribution is 2.15. The van der Waals surface area contributed by atoms with Gasteiger partial charge in [-0.1, -0.05) is 0 Å². The van der Waals surface area contributed by atoms with E-state index in [-0.39, 0.29) is 27.7 Å². The van der Waals surface area contributed by atoms with Crippen molar-refractivity contribution in [3.63, 3.8) is 0 Å². The van der Waals surface area contributed by atoms with Crippen LogP contribution < -0.4 is 16.6 Å². The number of carbonyl (C=O) groups is 1. The SMILES string of the molecule is C[C@@H](NC(=O)Cn1c(=O)[nH]c2ccc(C#N)cc2c1=O)c1ncc(C#N)cc1F. The van der Waals surface area contributed by atoms with E-state index >= 15 is 0 Å². The van der Waals surface area contributed by atoms with Crippen molar-refractivity contribution in [2.45, 2.75) is 19.5 Å². The first-order valence-electron chi connectivity index (χ1n) is 8.36. The number of halogens is 1. The van der Waals surface area contributed by atoms with Crippen LogP contribution in [-0.2, 0) is 11.3 Å². The second-order valence-corrected chi connectivity index (χ2v) is 6.19. The van der Waals surface area contributed by atoms with Crippen molar-refractivity contribution in [2.24, 2.45) is 0 Å². The summed E-state index contributed by atoms with van der Waals surface area (Å²) in [4.78, 5) is 43.4. The minimum atomic E-state index is -0.865. The fraction of sp³-hybridized carbons (Fsp3) is 0.158. The van der Waals surface area contributed by atoms with E-state index in [1.165, 1.54) is 31.3 Å². The maximum atomic E-state index is 14.0. The zero-order valence-electron chi connectivity index (χ0n) is 15.1. The Balaban J connectivity index is 1.86. The third-order valence-corrected chi connectivity index (χ3v) is 4.20. The molecule has 0 saturated carbocycles. The molecule has 2 N–H and O–H groups in total. The first-order chi connectivity index (χ1) is 13.8. The van der Waals surface area contributed by atoms with Gasteiger partial charge < -0.3 is 10.3 Å². The first-order valence-corrected chi connectivity index (χ1v) is 8.36. The molecule has 0 radical (unpaired) electrons. The van der Waals surface area contributed by atoms with Crippen molar-refractivity contribution in [1.82, 2.24) is 19.9 Å². The molecule has 9 nitrogen and oxygen atoms in total. The van der Waals surface area contributed by atoms with Crippen LogP contribution in [0.4, 0.5) is 4.39 Å². The minimum absolute atomic E-state index is 0.0377. The predicted octanol–water partition coefficient (Wildman–Crippen LogP) is 0.845. The Bertz CT molecular complexity index is 1330. The smallest absolute Gasteiger partial charge is 0.329 e. The number of fused-ring (bicyclic) bond motifs is 1. The number of rotatable bonds is 4. The zero-order valence-corrected chi connectivity index (χ0v) is 15.1. The molecule has 0 aliphatic heterocycles. The number of H-pyrrole nitrogens is 1. The van der Waals surface area contributed by atoms with Crippen LogP contribution >= 0.6 is 0 Å². The molecule has 0 aliphatic carbocycles. The number of pyridine rings is 1. The summed E-state index contributed by atoms with van der Waals surface area (Å²) in [5.41, 5.74) is -1.10. The van der Waals surface area contributed by atoms with Gasteiger partial charge in [-0.05, 0) is 31.2 Å². The van der Waals surface area contributed by atoms with Crippen LogP contribution in [0.3, 0.4) is 0 Å². The molecule has 2 heterocycles. The largest absolute Gasteiger partial charge is 0.346 e. The summed E-state index contributed by atoms with van der Waals surface area (Å²) in [5.74, 6) is -1.48. The van der Waals surface area contributed by atoms with Crippen LogP contribution in [0, 0.1) is 28.5 Å². The fourth-order valence-corrected chi connectivity index (χ4v) is 2.79. The monoisotopic (exact) mass is 392 g/mol. The molecular formula is C19H13FN6O3. The molecule has 1 aromatic carbocycles. The Kier molecular flexibility index (Phi) is 5.19. The van der Waals surface area contributed by atoms with Crippen molar-refractivity contribution < 1.29 is 9.18 Å². The Hall–Kier alpha value is -4.31. The Morgan fingerprint density at radius 1 is 1.28 bits per heavy atom. The summed E-state index contributed by atoms with van der Waals surface area (Å²) < 4.78 is 14.7. The number of nitriles is 2. The summed E-state index contributed by atoms with van der Waals surface area (Å²) in [6.45, 7) is 0.866. The average molecular weight is 392 g/mol. The molecule has 0 bridgehead atoms. The Morgan fingerprint density at radius 3 is 2.66 bits per heavy atom. The first kappa shape index (κ1) is 19.5. The van der Waals surface area contributed by atoms with Gasteiger partial charge in [0.25, 0.3) is 5.56 Å². The summed E-state index contributed by atoms with van der Waals surface area (Å²) in [5, 5.41) is 20.3. The van der Waals surface area contributed by atoms with E-state index in [1.54, 1.807) is 6.07 Å². The molecule has 29 heavy (non-hydrogen) atoms. The number of aromatic amines is 1.